The Bertz CT molecular complexity index is 1210. The van der Waals surface area contributed by atoms with Crippen LogP contribution in [0.4, 0.5) is 10.9 Å². The van der Waals surface area contributed by atoms with E-state index in [-0.39, 0.29) is 0 Å². The maximum absolute atomic E-state index is 4.78. The number of H-pyrrole nitrogens is 1. The van der Waals surface area contributed by atoms with Crippen LogP contribution in [0.1, 0.15) is 44.4 Å². The highest BCUT2D eigenvalue weighted by Gasteiger charge is 2.29. The lowest BCUT2D eigenvalue weighted by Crippen LogP contribution is -2.30. The third kappa shape index (κ3) is 4.38. The number of nitrogens with one attached hydrogen (secondary N) is 3. The van der Waals surface area contributed by atoms with E-state index in [0.29, 0.717) is 6.04 Å². The van der Waals surface area contributed by atoms with E-state index in [4.69, 9.17) is 4.98 Å². The van der Waals surface area contributed by atoms with Gasteiger partial charge in [0.05, 0.1) is 11.9 Å². The van der Waals surface area contributed by atoms with Gasteiger partial charge in [-0.1, -0.05) is 31.6 Å². The van der Waals surface area contributed by atoms with Crippen molar-refractivity contribution in [1.82, 2.24) is 30.5 Å². The van der Waals surface area contributed by atoms with Crippen LogP contribution in [-0.4, -0.2) is 31.2 Å². The number of aromatic nitrogens is 5. The molecular formula is C24H29N7S. The van der Waals surface area contributed by atoms with Crippen molar-refractivity contribution in [2.75, 3.05) is 5.32 Å². The highest BCUT2D eigenvalue weighted by Crippen LogP contribution is 2.33. The van der Waals surface area contributed by atoms with Gasteiger partial charge in [-0.25, -0.2) is 15.0 Å². The number of aromatic amines is 1. The molecule has 0 aliphatic heterocycles. The quantitative estimate of drug-likeness (QED) is 0.349. The lowest BCUT2D eigenvalue weighted by molar-refractivity contribution is 0.425. The van der Waals surface area contributed by atoms with E-state index in [0.717, 1.165) is 56.6 Å². The van der Waals surface area contributed by atoms with Crippen LogP contribution in [0.3, 0.4) is 0 Å². The molecule has 0 aromatic carbocycles. The van der Waals surface area contributed by atoms with Crippen LogP contribution in [0, 0.1) is 18.8 Å². The van der Waals surface area contributed by atoms with Crippen molar-refractivity contribution < 1.29 is 0 Å². The highest BCUT2D eigenvalue weighted by atomic mass is 32.1. The fourth-order valence-corrected chi connectivity index (χ4v) is 5.48. The number of hydrogen-bond acceptors (Lipinski definition) is 7. The predicted molar refractivity (Wildman–Crippen MR) is 130 cm³/mol. The Morgan fingerprint density at radius 2 is 2.09 bits per heavy atom. The molecule has 5 rings (SSSR count). The van der Waals surface area contributed by atoms with Gasteiger partial charge in [-0.2, -0.15) is 5.10 Å². The van der Waals surface area contributed by atoms with Crippen molar-refractivity contribution in [3.05, 3.63) is 47.9 Å². The number of thiazole rings is 1. The molecule has 0 saturated heterocycles. The average molecular weight is 448 g/mol. The summed E-state index contributed by atoms with van der Waals surface area (Å²) in [5.41, 5.74) is 5.02. The minimum atomic E-state index is 0.605. The van der Waals surface area contributed by atoms with E-state index >= 15 is 0 Å². The van der Waals surface area contributed by atoms with Crippen LogP contribution in [-0.2, 0) is 6.54 Å². The van der Waals surface area contributed by atoms with Gasteiger partial charge in [0.1, 0.15) is 16.2 Å². The topological polar surface area (TPSA) is 91.4 Å². The third-order valence-electron chi connectivity index (χ3n) is 6.55. The second kappa shape index (κ2) is 8.96. The molecule has 1 unspecified atom stereocenters. The standard InChI is InChI=1S/C24H29N7S/c1-4-16-9-14(2)21(10-16)26-12-17-7-8-25-22(11-17)30-24-29-20-6-5-19(28-23(20)32-24)18-13-27-31-15(18)3/h5-8,11,13-14,16,21,26H,4,9-10,12H2,1-3H3,(H,27,31)(H,25,29,30)/t14-,16+,21?/m0/s1. The van der Waals surface area contributed by atoms with Gasteiger partial charge in [0.15, 0.2) is 5.13 Å². The van der Waals surface area contributed by atoms with Crippen molar-refractivity contribution in [2.24, 2.45) is 11.8 Å². The van der Waals surface area contributed by atoms with Crippen LogP contribution in [0.25, 0.3) is 21.6 Å². The Kier molecular flexibility index (Phi) is 5.89. The maximum atomic E-state index is 4.78. The number of pyridine rings is 2. The van der Waals surface area contributed by atoms with Crippen molar-refractivity contribution in [2.45, 2.75) is 52.6 Å². The van der Waals surface area contributed by atoms with Gasteiger partial charge >= 0.3 is 0 Å². The molecule has 4 heterocycles. The van der Waals surface area contributed by atoms with E-state index < -0.39 is 0 Å². The maximum Gasteiger partial charge on any atom is 0.190 e. The third-order valence-corrected chi connectivity index (χ3v) is 7.43. The van der Waals surface area contributed by atoms with Gasteiger partial charge in [0.25, 0.3) is 0 Å². The first-order chi connectivity index (χ1) is 15.6. The van der Waals surface area contributed by atoms with Gasteiger partial charge < -0.3 is 10.6 Å². The summed E-state index contributed by atoms with van der Waals surface area (Å²) in [5.74, 6) is 2.41. The molecule has 0 spiro atoms. The SMILES string of the molecule is CC[C@H]1CC(NCc2ccnc(Nc3nc4ccc(-c5cn[nH]c5C)nc4s3)c2)[C@@H](C)C1. The zero-order chi connectivity index (χ0) is 22.1. The lowest BCUT2D eigenvalue weighted by Gasteiger charge is -2.17. The normalized spacial score (nSPS) is 20.8. The average Bonchev–Trinajstić information content (AvgIpc) is 3.49. The molecule has 1 saturated carbocycles. The Morgan fingerprint density at radius 3 is 2.88 bits per heavy atom. The lowest BCUT2D eigenvalue weighted by atomic mass is 10.0. The van der Waals surface area contributed by atoms with Crippen LogP contribution < -0.4 is 10.6 Å². The molecule has 8 heteroatoms. The van der Waals surface area contributed by atoms with E-state index in [9.17, 15) is 0 Å². The zero-order valence-corrected chi connectivity index (χ0v) is 19.5. The molecule has 0 bridgehead atoms. The second-order valence-electron chi connectivity index (χ2n) is 8.83. The molecule has 1 aliphatic carbocycles. The van der Waals surface area contributed by atoms with E-state index in [2.05, 4.69) is 56.8 Å². The molecule has 3 N–H and O–H groups in total. The number of rotatable bonds is 7. The van der Waals surface area contributed by atoms with Crippen LogP contribution in [0.15, 0.2) is 36.7 Å². The summed E-state index contributed by atoms with van der Waals surface area (Å²) in [5, 5.41) is 15.0. The molecule has 166 valence electrons. The summed E-state index contributed by atoms with van der Waals surface area (Å²) >= 11 is 1.53. The minimum Gasteiger partial charge on any atom is -0.316 e. The summed E-state index contributed by atoms with van der Waals surface area (Å²) in [7, 11) is 0. The molecule has 4 aromatic heterocycles. The summed E-state index contributed by atoms with van der Waals surface area (Å²) in [6, 6.07) is 8.78. The summed E-state index contributed by atoms with van der Waals surface area (Å²) in [6.07, 6.45) is 7.57. The van der Waals surface area contributed by atoms with Gasteiger partial charge in [-0.15, -0.1) is 0 Å². The van der Waals surface area contributed by atoms with E-state index in [1.54, 1.807) is 0 Å². The number of aryl methyl sites for hydroxylation is 1. The molecule has 4 aromatic rings. The molecular weight excluding hydrogens is 418 g/mol. The summed E-state index contributed by atoms with van der Waals surface area (Å²) in [4.78, 5) is 14.8. The molecule has 0 amide bonds. The fraction of sp³-hybridized carbons (Fsp3) is 0.417. The Morgan fingerprint density at radius 1 is 1.19 bits per heavy atom. The first-order valence-electron chi connectivity index (χ1n) is 11.3. The smallest absolute Gasteiger partial charge is 0.190 e. The Labute approximate surface area is 192 Å². The number of hydrogen-bond donors (Lipinski definition) is 3. The molecule has 0 radical (unpaired) electrons. The summed E-state index contributed by atoms with van der Waals surface area (Å²) in [6.45, 7) is 7.53. The first kappa shape index (κ1) is 21.0. The van der Waals surface area contributed by atoms with Gasteiger partial charge in [-0.05, 0) is 61.4 Å². The Hall–Kier alpha value is -2.84. The zero-order valence-electron chi connectivity index (χ0n) is 18.7. The number of anilines is 2. The van der Waals surface area contributed by atoms with E-state index in [1.165, 1.54) is 36.2 Å². The largest absolute Gasteiger partial charge is 0.316 e. The second-order valence-corrected chi connectivity index (χ2v) is 9.81. The molecule has 1 aliphatic rings. The summed E-state index contributed by atoms with van der Waals surface area (Å²) < 4.78 is 0. The van der Waals surface area contributed by atoms with Crippen LogP contribution in [0.5, 0.6) is 0 Å². The van der Waals surface area contributed by atoms with Crippen molar-refractivity contribution in [3.63, 3.8) is 0 Å². The fourth-order valence-electron chi connectivity index (χ4n) is 4.64. The molecule has 7 nitrogen and oxygen atoms in total. The van der Waals surface area contributed by atoms with Gasteiger partial charge in [0, 0.05) is 30.0 Å². The number of nitrogens with zero attached hydrogens (tertiary/aromatic N) is 4. The minimum absolute atomic E-state index is 0.605. The van der Waals surface area contributed by atoms with Gasteiger partial charge in [0.2, 0.25) is 0 Å². The predicted octanol–water partition coefficient (Wildman–Crippen LogP) is 5.44. The monoisotopic (exact) mass is 447 g/mol. The van der Waals surface area contributed by atoms with Gasteiger partial charge in [-0.3, -0.25) is 5.10 Å². The van der Waals surface area contributed by atoms with Crippen molar-refractivity contribution in [3.8, 4) is 11.3 Å². The van der Waals surface area contributed by atoms with Crippen molar-refractivity contribution in [1.29, 1.82) is 0 Å². The molecule has 3 atom stereocenters. The van der Waals surface area contributed by atoms with Crippen LogP contribution in [0.2, 0.25) is 0 Å². The van der Waals surface area contributed by atoms with E-state index in [1.807, 2.05) is 31.5 Å². The number of fused-ring (bicyclic) bond motifs is 1. The van der Waals surface area contributed by atoms with Crippen molar-refractivity contribution >= 4 is 32.6 Å². The first-order valence-corrected chi connectivity index (χ1v) is 12.1. The molecule has 1 fully saturated rings. The van der Waals surface area contributed by atoms with Crippen LogP contribution >= 0.6 is 11.3 Å². The molecule has 32 heavy (non-hydrogen) atoms. The Balaban J connectivity index is 1.27. The highest BCUT2D eigenvalue weighted by molar-refractivity contribution is 7.21.